The molecule has 2 aromatic rings. The Bertz CT molecular complexity index is 823. The molecule has 0 aliphatic carbocycles. The highest BCUT2D eigenvalue weighted by molar-refractivity contribution is 7.80. The average Bonchev–Trinajstić information content (AvgIpc) is 2.70. The average molecular weight is 393 g/mol. The number of nitrogens with zero attached hydrogens (tertiary/aromatic N) is 2. The van der Waals surface area contributed by atoms with Gasteiger partial charge in [0, 0.05) is 24.5 Å². The number of rotatable bonds is 5. The van der Waals surface area contributed by atoms with Gasteiger partial charge in [0.05, 0.1) is 18.5 Å². The maximum absolute atomic E-state index is 8.75. The van der Waals surface area contributed by atoms with Gasteiger partial charge in [-0.1, -0.05) is 31.2 Å². The second-order valence-electron chi connectivity index (χ2n) is 7.64. The molecule has 0 aromatic heterocycles. The molecule has 4 nitrogen and oxygen atoms in total. The van der Waals surface area contributed by atoms with Crippen molar-refractivity contribution in [2.24, 2.45) is 5.92 Å². The predicted octanol–water partition coefficient (Wildman–Crippen LogP) is 5.04. The quantitative estimate of drug-likeness (QED) is 0.699. The lowest BCUT2D eigenvalue weighted by Gasteiger charge is -2.33. The molecule has 1 heterocycles. The highest BCUT2D eigenvalue weighted by Gasteiger charge is 2.17. The molecule has 3 rings (SSSR count). The van der Waals surface area contributed by atoms with Crippen molar-refractivity contribution in [1.82, 2.24) is 5.32 Å². The smallest absolute Gasteiger partial charge is 0.171 e. The summed E-state index contributed by atoms with van der Waals surface area (Å²) in [4.78, 5) is 2.48. The van der Waals surface area contributed by atoms with Crippen molar-refractivity contribution in [2.45, 2.75) is 39.2 Å². The van der Waals surface area contributed by atoms with Crippen LogP contribution in [0, 0.1) is 17.2 Å². The third kappa shape index (κ3) is 5.46. The number of thiocarbonyl (C=S) groups is 1. The Kier molecular flexibility index (Phi) is 6.89. The first-order valence-electron chi connectivity index (χ1n) is 9.93. The van der Waals surface area contributed by atoms with E-state index in [0.29, 0.717) is 11.5 Å². The van der Waals surface area contributed by atoms with Crippen LogP contribution >= 0.6 is 12.2 Å². The van der Waals surface area contributed by atoms with Gasteiger partial charge in [-0.3, -0.25) is 0 Å². The molecular formula is C23H28N4S. The summed E-state index contributed by atoms with van der Waals surface area (Å²) in [5.41, 5.74) is 4.44. The van der Waals surface area contributed by atoms with Crippen molar-refractivity contribution in [1.29, 1.82) is 5.26 Å². The molecule has 1 saturated heterocycles. The summed E-state index contributed by atoms with van der Waals surface area (Å²) in [5, 5.41) is 15.9. The van der Waals surface area contributed by atoms with Crippen LogP contribution in [0.2, 0.25) is 0 Å². The van der Waals surface area contributed by atoms with Gasteiger partial charge < -0.3 is 15.5 Å². The van der Waals surface area contributed by atoms with Crippen molar-refractivity contribution in [2.75, 3.05) is 23.3 Å². The number of hydrogen-bond acceptors (Lipinski definition) is 3. The van der Waals surface area contributed by atoms with Crippen molar-refractivity contribution in [3.8, 4) is 6.07 Å². The van der Waals surface area contributed by atoms with Gasteiger partial charge in [-0.25, -0.2) is 0 Å². The molecule has 28 heavy (non-hydrogen) atoms. The van der Waals surface area contributed by atoms with Gasteiger partial charge in [-0.2, -0.15) is 5.26 Å². The molecule has 0 unspecified atom stereocenters. The molecule has 146 valence electrons. The molecule has 0 amide bonds. The van der Waals surface area contributed by atoms with Crippen LogP contribution in [0.5, 0.6) is 0 Å². The highest BCUT2D eigenvalue weighted by atomic mass is 32.1. The minimum absolute atomic E-state index is 0.118. The number of benzene rings is 2. The van der Waals surface area contributed by atoms with E-state index in [2.05, 4.69) is 59.7 Å². The van der Waals surface area contributed by atoms with E-state index in [9.17, 15) is 0 Å². The summed E-state index contributed by atoms with van der Waals surface area (Å²) in [6, 6.07) is 18.9. The Labute approximate surface area is 173 Å². The Morgan fingerprint density at radius 3 is 2.57 bits per heavy atom. The lowest BCUT2D eigenvalue weighted by Crippen LogP contribution is -2.34. The molecule has 2 N–H and O–H groups in total. The van der Waals surface area contributed by atoms with E-state index >= 15 is 0 Å². The number of hydrogen-bond donors (Lipinski definition) is 2. The molecule has 1 aliphatic heterocycles. The zero-order valence-corrected chi connectivity index (χ0v) is 17.4. The molecule has 0 spiro atoms. The van der Waals surface area contributed by atoms with Gasteiger partial charge in [0.15, 0.2) is 5.11 Å². The standard InChI is InChI=1S/C23H28N4S/c1-17-4-3-15-27(16-17)22-11-7-20(8-12-22)18(2)25-23(28)26-21-9-5-19(6-10-21)13-14-24/h5-12,17-18H,3-4,13,15-16H2,1-2H3,(H2,25,26,28)/t17-,18+/m1/s1. The minimum atomic E-state index is 0.118. The van der Waals surface area contributed by atoms with E-state index in [4.69, 9.17) is 17.5 Å². The largest absolute Gasteiger partial charge is 0.371 e. The normalized spacial score (nSPS) is 17.5. The first-order chi connectivity index (χ1) is 13.5. The van der Waals surface area contributed by atoms with Crippen LogP contribution in [-0.4, -0.2) is 18.2 Å². The van der Waals surface area contributed by atoms with Crippen molar-refractivity contribution >= 4 is 28.7 Å². The Morgan fingerprint density at radius 2 is 1.93 bits per heavy atom. The number of anilines is 2. The second-order valence-corrected chi connectivity index (χ2v) is 8.05. The second kappa shape index (κ2) is 9.57. The molecule has 1 fully saturated rings. The summed E-state index contributed by atoms with van der Waals surface area (Å²) in [6.45, 7) is 6.74. The van der Waals surface area contributed by atoms with Crippen LogP contribution < -0.4 is 15.5 Å². The molecule has 2 atom stereocenters. The van der Waals surface area contributed by atoms with E-state index in [0.717, 1.165) is 30.3 Å². The van der Waals surface area contributed by atoms with E-state index in [1.807, 2.05) is 24.3 Å². The summed E-state index contributed by atoms with van der Waals surface area (Å²) in [5.74, 6) is 0.770. The van der Waals surface area contributed by atoms with Crippen molar-refractivity contribution in [3.63, 3.8) is 0 Å². The third-order valence-corrected chi connectivity index (χ3v) is 5.48. The summed E-state index contributed by atoms with van der Waals surface area (Å²) in [7, 11) is 0. The Hall–Kier alpha value is -2.58. The predicted molar refractivity (Wildman–Crippen MR) is 121 cm³/mol. The maximum atomic E-state index is 8.75. The fraction of sp³-hybridized carbons (Fsp3) is 0.391. The van der Waals surface area contributed by atoms with E-state index < -0.39 is 0 Å². The topological polar surface area (TPSA) is 51.1 Å². The van der Waals surface area contributed by atoms with Crippen LogP contribution in [0.25, 0.3) is 0 Å². The Balaban J connectivity index is 1.54. The zero-order chi connectivity index (χ0) is 19.9. The lowest BCUT2D eigenvalue weighted by atomic mass is 9.99. The SMILES string of the molecule is C[C@@H]1CCCN(c2ccc([C@H](C)NC(=S)Nc3ccc(CC#N)cc3)cc2)C1. The highest BCUT2D eigenvalue weighted by Crippen LogP contribution is 2.24. The monoisotopic (exact) mass is 392 g/mol. The first kappa shape index (κ1) is 20.2. The molecule has 0 bridgehead atoms. The summed E-state index contributed by atoms with van der Waals surface area (Å²) < 4.78 is 0. The Morgan fingerprint density at radius 1 is 1.21 bits per heavy atom. The first-order valence-corrected chi connectivity index (χ1v) is 10.3. The lowest BCUT2D eigenvalue weighted by molar-refractivity contribution is 0.447. The fourth-order valence-corrected chi connectivity index (χ4v) is 3.94. The minimum Gasteiger partial charge on any atom is -0.371 e. The van der Waals surface area contributed by atoms with Gasteiger partial charge >= 0.3 is 0 Å². The van der Waals surface area contributed by atoms with Gasteiger partial charge in [0.1, 0.15) is 0 Å². The van der Waals surface area contributed by atoms with Crippen molar-refractivity contribution in [3.05, 3.63) is 59.7 Å². The molecule has 2 aromatic carbocycles. The van der Waals surface area contributed by atoms with Gasteiger partial charge in [-0.15, -0.1) is 0 Å². The number of piperidine rings is 1. The van der Waals surface area contributed by atoms with E-state index in [-0.39, 0.29) is 6.04 Å². The molecule has 0 saturated carbocycles. The summed E-state index contributed by atoms with van der Waals surface area (Å²) in [6.07, 6.45) is 3.03. The molecule has 0 radical (unpaired) electrons. The van der Waals surface area contributed by atoms with E-state index in [1.54, 1.807) is 0 Å². The third-order valence-electron chi connectivity index (χ3n) is 5.26. The fourth-order valence-electron chi connectivity index (χ4n) is 3.64. The molecule has 1 aliphatic rings. The van der Waals surface area contributed by atoms with Crippen LogP contribution in [0.1, 0.15) is 43.9 Å². The molecular weight excluding hydrogens is 364 g/mol. The van der Waals surface area contributed by atoms with Gasteiger partial charge in [0.25, 0.3) is 0 Å². The number of nitrogens with one attached hydrogen (secondary N) is 2. The zero-order valence-electron chi connectivity index (χ0n) is 16.6. The van der Waals surface area contributed by atoms with Crippen LogP contribution in [0.4, 0.5) is 11.4 Å². The van der Waals surface area contributed by atoms with E-state index in [1.165, 1.54) is 24.1 Å². The van der Waals surface area contributed by atoms with Crippen LogP contribution in [-0.2, 0) is 6.42 Å². The summed E-state index contributed by atoms with van der Waals surface area (Å²) >= 11 is 5.45. The van der Waals surface area contributed by atoms with Gasteiger partial charge in [-0.05, 0) is 73.3 Å². The van der Waals surface area contributed by atoms with Crippen molar-refractivity contribution < 1.29 is 0 Å². The van der Waals surface area contributed by atoms with Gasteiger partial charge in [0.2, 0.25) is 0 Å². The number of nitriles is 1. The molecule has 5 heteroatoms. The van der Waals surface area contributed by atoms with Crippen LogP contribution in [0.15, 0.2) is 48.5 Å². The maximum Gasteiger partial charge on any atom is 0.171 e. The van der Waals surface area contributed by atoms with Crippen LogP contribution in [0.3, 0.4) is 0 Å².